The van der Waals surface area contributed by atoms with E-state index in [0.717, 1.165) is 11.4 Å². The van der Waals surface area contributed by atoms with Crippen molar-refractivity contribution < 1.29 is 0 Å². The minimum atomic E-state index is -0.419. The van der Waals surface area contributed by atoms with Gasteiger partial charge in [-0.3, -0.25) is 0 Å². The van der Waals surface area contributed by atoms with Gasteiger partial charge in [-0.2, -0.15) is 0 Å². The number of para-hydroxylation sites is 2. The standard InChI is InChI=1S/C52H37NS/c1-51(2)42-28-11-13-30-44(42)52(45-31-14-12-29-43(45)51)41-27-10-9-22-40(41)48-36(23-16-32-46(48)52)37-24-15-25-38-39-26-17-33-47(50(39)54-49(37)38)53(34-18-5-3-6-19-34)35-20-7-4-8-21-35/h3-33H,1-2H3. The van der Waals surface area contributed by atoms with Crippen molar-refractivity contribution in [3.63, 3.8) is 0 Å². The molecule has 2 aliphatic rings. The number of anilines is 3. The van der Waals surface area contributed by atoms with Gasteiger partial charge in [-0.25, -0.2) is 0 Å². The Bertz CT molecular complexity index is 2830. The van der Waals surface area contributed by atoms with Crippen LogP contribution in [0.15, 0.2) is 188 Å². The minimum absolute atomic E-state index is 0.124. The van der Waals surface area contributed by atoms with Crippen LogP contribution in [-0.4, -0.2) is 0 Å². The molecule has 0 unspecified atom stereocenters. The Morgan fingerprint density at radius 1 is 0.370 bits per heavy atom. The summed E-state index contributed by atoms with van der Waals surface area (Å²) in [6.07, 6.45) is 0. The third-order valence-electron chi connectivity index (χ3n) is 12.1. The summed E-state index contributed by atoms with van der Waals surface area (Å²) in [4.78, 5) is 2.40. The van der Waals surface area contributed by atoms with Crippen molar-refractivity contribution in [3.05, 3.63) is 221 Å². The first kappa shape index (κ1) is 31.3. The van der Waals surface area contributed by atoms with Crippen LogP contribution in [-0.2, 0) is 10.8 Å². The van der Waals surface area contributed by atoms with Crippen molar-refractivity contribution in [1.29, 1.82) is 0 Å². The van der Waals surface area contributed by atoms with Gasteiger partial charge in [-0.15, -0.1) is 11.3 Å². The monoisotopic (exact) mass is 707 g/mol. The molecule has 0 aliphatic heterocycles. The highest BCUT2D eigenvalue weighted by molar-refractivity contribution is 7.27. The average molecular weight is 708 g/mol. The van der Waals surface area contributed by atoms with Gasteiger partial charge in [0.2, 0.25) is 0 Å². The maximum absolute atomic E-state index is 2.41. The van der Waals surface area contributed by atoms with Crippen molar-refractivity contribution in [1.82, 2.24) is 0 Å². The van der Waals surface area contributed by atoms with E-state index >= 15 is 0 Å². The molecule has 1 aromatic heterocycles. The predicted molar refractivity (Wildman–Crippen MR) is 229 cm³/mol. The zero-order valence-corrected chi connectivity index (χ0v) is 31.1. The fraction of sp³-hybridized carbons (Fsp3) is 0.0769. The Hall–Kier alpha value is -6.22. The van der Waals surface area contributed by atoms with Gasteiger partial charge in [0.1, 0.15) is 0 Å². The fourth-order valence-corrected chi connectivity index (χ4v) is 11.2. The molecular formula is C52H37NS. The Balaban J connectivity index is 1.20. The van der Waals surface area contributed by atoms with Gasteiger partial charge in [0, 0.05) is 37.8 Å². The van der Waals surface area contributed by atoms with E-state index in [1.165, 1.54) is 81.5 Å². The van der Waals surface area contributed by atoms with Gasteiger partial charge in [0.15, 0.2) is 0 Å². The molecule has 9 aromatic rings. The molecule has 0 atom stereocenters. The van der Waals surface area contributed by atoms with E-state index < -0.39 is 5.41 Å². The quantitative estimate of drug-likeness (QED) is 0.176. The van der Waals surface area contributed by atoms with E-state index in [1.807, 2.05) is 11.3 Å². The van der Waals surface area contributed by atoms with Crippen LogP contribution < -0.4 is 4.90 Å². The molecule has 0 amide bonds. The molecule has 1 heterocycles. The highest BCUT2D eigenvalue weighted by Gasteiger charge is 2.53. The lowest BCUT2D eigenvalue weighted by Crippen LogP contribution is -2.40. The normalized spacial score (nSPS) is 14.4. The van der Waals surface area contributed by atoms with Gasteiger partial charge in [0.05, 0.1) is 15.8 Å². The van der Waals surface area contributed by atoms with Crippen LogP contribution in [0.25, 0.3) is 42.4 Å². The number of hydrogen-bond donors (Lipinski definition) is 0. The summed E-state index contributed by atoms with van der Waals surface area (Å²) in [7, 11) is 0. The Kier molecular flexibility index (Phi) is 6.75. The third kappa shape index (κ3) is 4.15. The van der Waals surface area contributed by atoms with Crippen molar-refractivity contribution in [3.8, 4) is 22.3 Å². The minimum Gasteiger partial charge on any atom is -0.309 e. The highest BCUT2D eigenvalue weighted by atomic mass is 32.1. The second kappa shape index (κ2) is 11.6. The maximum atomic E-state index is 2.41. The van der Waals surface area contributed by atoms with Gasteiger partial charge < -0.3 is 4.90 Å². The van der Waals surface area contributed by atoms with Crippen molar-refractivity contribution >= 4 is 48.6 Å². The third-order valence-corrected chi connectivity index (χ3v) is 13.4. The molecule has 0 fully saturated rings. The lowest BCUT2D eigenvalue weighted by atomic mass is 9.55. The summed E-state index contributed by atoms with van der Waals surface area (Å²) in [6.45, 7) is 4.78. The first-order valence-corrected chi connectivity index (χ1v) is 19.7. The number of rotatable bonds is 4. The first-order valence-electron chi connectivity index (χ1n) is 18.9. The number of thiophene rings is 1. The molecule has 0 radical (unpaired) electrons. The largest absolute Gasteiger partial charge is 0.309 e. The smallest absolute Gasteiger partial charge is 0.0719 e. The van der Waals surface area contributed by atoms with E-state index in [9.17, 15) is 0 Å². The first-order chi connectivity index (χ1) is 26.6. The van der Waals surface area contributed by atoms with Crippen LogP contribution >= 0.6 is 11.3 Å². The number of hydrogen-bond acceptors (Lipinski definition) is 2. The fourth-order valence-electron chi connectivity index (χ4n) is 9.91. The molecule has 8 aromatic carbocycles. The van der Waals surface area contributed by atoms with Crippen LogP contribution in [0.2, 0.25) is 0 Å². The van der Waals surface area contributed by atoms with Gasteiger partial charge in [-0.05, 0) is 80.4 Å². The lowest BCUT2D eigenvalue weighted by Gasteiger charge is -2.46. The predicted octanol–water partition coefficient (Wildman–Crippen LogP) is 14.2. The highest BCUT2D eigenvalue weighted by Crippen LogP contribution is 2.63. The van der Waals surface area contributed by atoms with E-state index in [2.05, 4.69) is 207 Å². The topological polar surface area (TPSA) is 3.24 Å². The molecule has 0 saturated heterocycles. The lowest BCUT2D eigenvalue weighted by molar-refractivity contribution is 0.563. The van der Waals surface area contributed by atoms with E-state index in [4.69, 9.17) is 0 Å². The molecule has 2 aliphatic carbocycles. The van der Waals surface area contributed by atoms with Crippen LogP contribution in [0.4, 0.5) is 17.1 Å². The molecule has 54 heavy (non-hydrogen) atoms. The molecule has 0 bridgehead atoms. The summed E-state index contributed by atoms with van der Waals surface area (Å²) in [5, 5.41) is 2.58. The number of nitrogens with zero attached hydrogens (tertiary/aromatic N) is 1. The molecule has 1 spiro atoms. The maximum Gasteiger partial charge on any atom is 0.0719 e. The second-order valence-electron chi connectivity index (χ2n) is 15.2. The Morgan fingerprint density at radius 3 is 1.48 bits per heavy atom. The van der Waals surface area contributed by atoms with Crippen molar-refractivity contribution in [2.75, 3.05) is 4.90 Å². The summed E-state index contributed by atoms with van der Waals surface area (Å²) < 4.78 is 2.60. The van der Waals surface area contributed by atoms with Crippen LogP contribution in [0.5, 0.6) is 0 Å². The summed E-state index contributed by atoms with van der Waals surface area (Å²) in [5.74, 6) is 0. The molecule has 11 rings (SSSR count). The Morgan fingerprint density at radius 2 is 0.833 bits per heavy atom. The van der Waals surface area contributed by atoms with E-state index in [-0.39, 0.29) is 5.41 Å². The molecule has 0 N–H and O–H groups in total. The van der Waals surface area contributed by atoms with Gasteiger partial charge >= 0.3 is 0 Å². The number of benzene rings is 8. The van der Waals surface area contributed by atoms with Crippen molar-refractivity contribution in [2.24, 2.45) is 0 Å². The summed E-state index contributed by atoms with van der Waals surface area (Å²) in [6, 6.07) is 69.9. The second-order valence-corrected chi connectivity index (χ2v) is 16.2. The summed E-state index contributed by atoms with van der Waals surface area (Å²) >= 11 is 1.92. The van der Waals surface area contributed by atoms with Crippen LogP contribution in [0, 0.1) is 0 Å². The molecule has 1 nitrogen and oxygen atoms in total. The Labute approximate surface area is 320 Å². The molecule has 0 saturated carbocycles. The average Bonchev–Trinajstić information content (AvgIpc) is 3.76. The van der Waals surface area contributed by atoms with E-state index in [0.29, 0.717) is 0 Å². The summed E-state index contributed by atoms with van der Waals surface area (Å²) in [5.41, 5.74) is 16.5. The van der Waals surface area contributed by atoms with Gasteiger partial charge in [0.25, 0.3) is 0 Å². The molecule has 2 heteroatoms. The SMILES string of the molecule is CC1(C)c2ccccc2C2(c3ccccc3-c3c(-c4cccc5c4sc4c(N(c6ccccc6)c6ccccc6)cccc45)cccc32)c2ccccc21. The van der Waals surface area contributed by atoms with Gasteiger partial charge in [-0.1, -0.05) is 172 Å². The van der Waals surface area contributed by atoms with Crippen LogP contribution in [0.1, 0.15) is 47.2 Å². The van der Waals surface area contributed by atoms with Crippen molar-refractivity contribution in [2.45, 2.75) is 24.7 Å². The zero-order valence-electron chi connectivity index (χ0n) is 30.3. The molecular weight excluding hydrogens is 671 g/mol. The molecule has 256 valence electrons. The number of fused-ring (bicyclic) bond motifs is 12. The van der Waals surface area contributed by atoms with E-state index in [1.54, 1.807) is 0 Å². The zero-order chi connectivity index (χ0) is 36.0. The van der Waals surface area contributed by atoms with Crippen LogP contribution in [0.3, 0.4) is 0 Å².